The molecule has 0 saturated carbocycles. The standard InChI is InChI=1S/C18H22N4O2.HI/c1-14-7-4-5-9-16(14)13-21(3)18(19-2)20-12-15-8-6-10-17(11-15)22(23)24;/h4-11H,12-13H2,1-3H3,(H,19,20);1H. The highest BCUT2D eigenvalue weighted by atomic mass is 127. The van der Waals surface area contributed by atoms with Gasteiger partial charge < -0.3 is 10.2 Å². The lowest BCUT2D eigenvalue weighted by Gasteiger charge is -2.23. The van der Waals surface area contributed by atoms with Gasteiger partial charge in [0.1, 0.15) is 0 Å². The van der Waals surface area contributed by atoms with Gasteiger partial charge in [0.15, 0.2) is 5.96 Å². The molecule has 0 aromatic heterocycles. The topological polar surface area (TPSA) is 70.8 Å². The van der Waals surface area contributed by atoms with Gasteiger partial charge in [-0.3, -0.25) is 15.1 Å². The third-order valence-electron chi connectivity index (χ3n) is 3.81. The van der Waals surface area contributed by atoms with E-state index in [2.05, 4.69) is 29.4 Å². The van der Waals surface area contributed by atoms with Crippen LogP contribution in [0.5, 0.6) is 0 Å². The molecular weight excluding hydrogens is 431 g/mol. The number of nitro benzene ring substituents is 1. The van der Waals surface area contributed by atoms with Gasteiger partial charge in [-0.25, -0.2) is 0 Å². The number of nitrogens with zero attached hydrogens (tertiary/aromatic N) is 3. The number of guanidine groups is 1. The van der Waals surface area contributed by atoms with Gasteiger partial charge in [-0.1, -0.05) is 36.4 Å². The van der Waals surface area contributed by atoms with E-state index in [1.54, 1.807) is 19.2 Å². The molecule has 0 aliphatic rings. The molecule has 2 rings (SSSR count). The third-order valence-corrected chi connectivity index (χ3v) is 3.81. The molecule has 1 N–H and O–H groups in total. The number of nitrogens with one attached hydrogen (secondary N) is 1. The number of non-ortho nitro benzene ring substituents is 1. The fourth-order valence-corrected chi connectivity index (χ4v) is 2.46. The molecule has 0 spiro atoms. The Morgan fingerprint density at radius 2 is 1.96 bits per heavy atom. The molecular formula is C18H23IN4O2. The Balaban J connectivity index is 0.00000312. The molecule has 0 aliphatic carbocycles. The minimum absolute atomic E-state index is 0. The smallest absolute Gasteiger partial charge is 0.269 e. The molecule has 0 fully saturated rings. The number of halogens is 1. The van der Waals surface area contributed by atoms with Gasteiger partial charge in [-0.15, -0.1) is 24.0 Å². The number of nitro groups is 1. The molecule has 0 radical (unpaired) electrons. The van der Waals surface area contributed by atoms with Crippen LogP contribution < -0.4 is 5.32 Å². The van der Waals surface area contributed by atoms with E-state index < -0.39 is 0 Å². The first-order valence-electron chi connectivity index (χ1n) is 7.71. The number of benzene rings is 2. The number of aliphatic imine (C=N–C) groups is 1. The van der Waals surface area contributed by atoms with Gasteiger partial charge in [0, 0.05) is 39.3 Å². The second-order valence-corrected chi connectivity index (χ2v) is 5.61. The summed E-state index contributed by atoms with van der Waals surface area (Å²) in [6.45, 7) is 3.30. The molecule has 134 valence electrons. The molecule has 2 aromatic rings. The normalized spacial score (nSPS) is 10.8. The summed E-state index contributed by atoms with van der Waals surface area (Å²) in [6.07, 6.45) is 0. The summed E-state index contributed by atoms with van der Waals surface area (Å²) in [5, 5.41) is 14.1. The number of hydrogen-bond acceptors (Lipinski definition) is 3. The third kappa shape index (κ3) is 6.00. The number of rotatable bonds is 5. The second kappa shape index (κ2) is 9.97. The van der Waals surface area contributed by atoms with Crippen molar-refractivity contribution in [1.82, 2.24) is 10.2 Å². The Kier molecular flexibility index (Phi) is 8.33. The van der Waals surface area contributed by atoms with E-state index in [9.17, 15) is 10.1 Å². The summed E-state index contributed by atoms with van der Waals surface area (Å²) < 4.78 is 0. The van der Waals surface area contributed by atoms with Crippen molar-refractivity contribution in [2.24, 2.45) is 4.99 Å². The van der Waals surface area contributed by atoms with Crippen LogP contribution in [-0.2, 0) is 13.1 Å². The Bertz CT molecular complexity index is 749. The zero-order chi connectivity index (χ0) is 17.5. The average molecular weight is 454 g/mol. The zero-order valence-corrected chi connectivity index (χ0v) is 16.9. The molecule has 0 atom stereocenters. The first kappa shape index (κ1) is 20.9. The van der Waals surface area contributed by atoms with Crippen molar-refractivity contribution < 1.29 is 4.92 Å². The van der Waals surface area contributed by atoms with Crippen LogP contribution >= 0.6 is 24.0 Å². The zero-order valence-electron chi connectivity index (χ0n) is 14.6. The van der Waals surface area contributed by atoms with Crippen LogP contribution in [0.15, 0.2) is 53.5 Å². The van der Waals surface area contributed by atoms with Crippen LogP contribution in [0.1, 0.15) is 16.7 Å². The molecule has 0 saturated heterocycles. The molecule has 6 nitrogen and oxygen atoms in total. The van der Waals surface area contributed by atoms with Gasteiger partial charge >= 0.3 is 0 Å². The lowest BCUT2D eigenvalue weighted by molar-refractivity contribution is -0.384. The van der Waals surface area contributed by atoms with Crippen molar-refractivity contribution in [3.63, 3.8) is 0 Å². The Labute approximate surface area is 165 Å². The summed E-state index contributed by atoms with van der Waals surface area (Å²) in [4.78, 5) is 16.8. The highest BCUT2D eigenvalue weighted by Gasteiger charge is 2.09. The van der Waals surface area contributed by atoms with Crippen LogP contribution in [0.4, 0.5) is 5.69 Å². The van der Waals surface area contributed by atoms with Crippen LogP contribution in [0, 0.1) is 17.0 Å². The maximum absolute atomic E-state index is 10.8. The second-order valence-electron chi connectivity index (χ2n) is 5.61. The lowest BCUT2D eigenvalue weighted by Crippen LogP contribution is -2.38. The predicted octanol–water partition coefficient (Wildman–Crippen LogP) is 3.73. The molecule has 0 amide bonds. The fraction of sp³-hybridized carbons (Fsp3) is 0.278. The minimum atomic E-state index is -0.386. The Morgan fingerprint density at radius 3 is 2.60 bits per heavy atom. The summed E-state index contributed by atoms with van der Waals surface area (Å²) in [5.41, 5.74) is 3.41. The lowest BCUT2D eigenvalue weighted by atomic mass is 10.1. The monoisotopic (exact) mass is 454 g/mol. The van der Waals surface area contributed by atoms with Crippen molar-refractivity contribution in [3.05, 3.63) is 75.3 Å². The van der Waals surface area contributed by atoms with E-state index in [4.69, 9.17) is 0 Å². The van der Waals surface area contributed by atoms with E-state index in [-0.39, 0.29) is 34.6 Å². The van der Waals surface area contributed by atoms with Crippen molar-refractivity contribution in [2.45, 2.75) is 20.0 Å². The molecule has 7 heteroatoms. The van der Waals surface area contributed by atoms with E-state index >= 15 is 0 Å². The molecule has 0 heterocycles. The maximum atomic E-state index is 10.8. The first-order valence-corrected chi connectivity index (χ1v) is 7.71. The fourth-order valence-electron chi connectivity index (χ4n) is 2.46. The largest absolute Gasteiger partial charge is 0.352 e. The molecule has 25 heavy (non-hydrogen) atoms. The molecule has 0 bridgehead atoms. The SMILES string of the molecule is CN=C(NCc1cccc([N+](=O)[O-])c1)N(C)Cc1ccccc1C.I. The van der Waals surface area contributed by atoms with Gasteiger partial charge in [0.05, 0.1) is 4.92 Å². The highest BCUT2D eigenvalue weighted by molar-refractivity contribution is 14.0. The Morgan fingerprint density at radius 1 is 1.24 bits per heavy atom. The maximum Gasteiger partial charge on any atom is 0.269 e. The van der Waals surface area contributed by atoms with Crippen molar-refractivity contribution in [2.75, 3.05) is 14.1 Å². The van der Waals surface area contributed by atoms with E-state index in [0.29, 0.717) is 6.54 Å². The van der Waals surface area contributed by atoms with E-state index in [1.807, 2.05) is 30.1 Å². The van der Waals surface area contributed by atoms with Gasteiger partial charge in [-0.05, 0) is 23.6 Å². The molecule has 0 aliphatic heterocycles. The van der Waals surface area contributed by atoms with E-state index in [1.165, 1.54) is 17.2 Å². The van der Waals surface area contributed by atoms with Crippen molar-refractivity contribution >= 4 is 35.6 Å². The van der Waals surface area contributed by atoms with Gasteiger partial charge in [0.2, 0.25) is 0 Å². The summed E-state index contributed by atoms with van der Waals surface area (Å²) >= 11 is 0. The van der Waals surface area contributed by atoms with Gasteiger partial charge in [-0.2, -0.15) is 0 Å². The quantitative estimate of drug-likeness (QED) is 0.246. The summed E-state index contributed by atoms with van der Waals surface area (Å²) in [7, 11) is 3.69. The predicted molar refractivity (Wildman–Crippen MR) is 111 cm³/mol. The molecule has 2 aromatic carbocycles. The number of hydrogen-bond donors (Lipinski definition) is 1. The summed E-state index contributed by atoms with van der Waals surface area (Å²) in [5.74, 6) is 0.741. The van der Waals surface area contributed by atoms with Crippen LogP contribution in [0.2, 0.25) is 0 Å². The van der Waals surface area contributed by atoms with Crippen LogP contribution in [0.25, 0.3) is 0 Å². The average Bonchev–Trinajstić information content (AvgIpc) is 2.57. The van der Waals surface area contributed by atoms with Crippen molar-refractivity contribution in [1.29, 1.82) is 0 Å². The van der Waals surface area contributed by atoms with Crippen LogP contribution in [-0.4, -0.2) is 29.9 Å². The molecule has 0 unspecified atom stereocenters. The van der Waals surface area contributed by atoms with Crippen LogP contribution in [0.3, 0.4) is 0 Å². The highest BCUT2D eigenvalue weighted by Crippen LogP contribution is 2.13. The summed E-state index contributed by atoms with van der Waals surface area (Å²) in [6, 6.07) is 14.8. The Hall–Kier alpha value is -2.16. The number of aryl methyl sites for hydroxylation is 1. The van der Waals surface area contributed by atoms with E-state index in [0.717, 1.165) is 18.1 Å². The first-order chi connectivity index (χ1) is 11.5. The van der Waals surface area contributed by atoms with Gasteiger partial charge in [0.25, 0.3) is 5.69 Å². The minimum Gasteiger partial charge on any atom is -0.352 e. The van der Waals surface area contributed by atoms with Crippen molar-refractivity contribution in [3.8, 4) is 0 Å².